The molecule has 2 rings (SSSR count). The van der Waals surface area contributed by atoms with E-state index in [2.05, 4.69) is 11.6 Å². The van der Waals surface area contributed by atoms with Crippen molar-refractivity contribution >= 4 is 22.4 Å². The van der Waals surface area contributed by atoms with E-state index in [0.29, 0.717) is 16.3 Å². The highest BCUT2D eigenvalue weighted by atomic mass is 35.5. The first-order valence-electron chi connectivity index (χ1n) is 5.54. The fourth-order valence-electron chi connectivity index (χ4n) is 1.53. The average molecular weight is 318 g/mol. The van der Waals surface area contributed by atoms with Gasteiger partial charge >= 0.3 is 0 Å². The Hall–Kier alpha value is -1.53. The van der Waals surface area contributed by atoms with E-state index in [1.807, 2.05) is 0 Å². The Morgan fingerprint density at radius 1 is 1.40 bits per heavy atom. The second kappa shape index (κ2) is 6.28. The molecule has 20 heavy (non-hydrogen) atoms. The lowest BCUT2D eigenvalue weighted by Gasteiger charge is -1.97. The summed E-state index contributed by atoms with van der Waals surface area (Å²) in [6.45, 7) is 3.46. The second-order valence-corrected chi connectivity index (χ2v) is 6.01. The van der Waals surface area contributed by atoms with Crippen molar-refractivity contribution in [1.29, 1.82) is 0 Å². The van der Waals surface area contributed by atoms with E-state index in [-0.39, 0.29) is 17.4 Å². The topological polar surface area (TPSA) is 43.1 Å². The molecule has 0 aliphatic heterocycles. The molecule has 0 amide bonds. The van der Waals surface area contributed by atoms with Crippen molar-refractivity contribution < 1.29 is 17.4 Å². The van der Waals surface area contributed by atoms with Crippen LogP contribution in [-0.2, 0) is 16.6 Å². The van der Waals surface area contributed by atoms with Gasteiger partial charge in [0.1, 0.15) is 6.26 Å². The molecule has 0 saturated heterocycles. The first kappa shape index (κ1) is 14.9. The standard InChI is InChI=1S/C13H10ClF2NO2S/c1-8(14)6-20(18)7-10-5-19-13(17-10)9-2-3-11(15)12(16)4-9/h2-5H,1,6-7H2/t20-/m0/s1. The summed E-state index contributed by atoms with van der Waals surface area (Å²) in [6.07, 6.45) is 1.32. The Morgan fingerprint density at radius 2 is 2.15 bits per heavy atom. The minimum Gasteiger partial charge on any atom is -0.444 e. The SMILES string of the molecule is C=C(Cl)C[S@](=O)Cc1coc(-c2ccc(F)c(F)c2)n1. The largest absolute Gasteiger partial charge is 0.444 e. The molecule has 0 fully saturated rings. The van der Waals surface area contributed by atoms with Crippen LogP contribution in [0.5, 0.6) is 0 Å². The highest BCUT2D eigenvalue weighted by Gasteiger charge is 2.12. The minimum absolute atomic E-state index is 0.139. The zero-order valence-corrected chi connectivity index (χ0v) is 11.8. The lowest BCUT2D eigenvalue weighted by atomic mass is 10.2. The van der Waals surface area contributed by atoms with Gasteiger partial charge in [-0.2, -0.15) is 0 Å². The molecule has 1 aromatic heterocycles. The third-order valence-corrected chi connectivity index (χ3v) is 3.93. The van der Waals surface area contributed by atoms with Crippen molar-refractivity contribution in [2.75, 3.05) is 5.75 Å². The van der Waals surface area contributed by atoms with E-state index >= 15 is 0 Å². The van der Waals surface area contributed by atoms with Gasteiger partial charge in [0.15, 0.2) is 11.6 Å². The molecule has 3 nitrogen and oxygen atoms in total. The quantitative estimate of drug-likeness (QED) is 0.846. The van der Waals surface area contributed by atoms with Gasteiger partial charge in [0, 0.05) is 21.4 Å². The first-order valence-corrected chi connectivity index (χ1v) is 7.40. The van der Waals surface area contributed by atoms with E-state index in [1.165, 1.54) is 12.3 Å². The summed E-state index contributed by atoms with van der Waals surface area (Å²) in [5.74, 6) is -1.47. The summed E-state index contributed by atoms with van der Waals surface area (Å²) in [5, 5.41) is 0.299. The number of rotatable bonds is 5. The Balaban J connectivity index is 2.14. The summed E-state index contributed by atoms with van der Waals surface area (Å²) >= 11 is 5.56. The first-order chi connectivity index (χ1) is 9.45. The monoisotopic (exact) mass is 317 g/mol. The van der Waals surface area contributed by atoms with Crippen LogP contribution >= 0.6 is 11.6 Å². The number of hydrogen-bond acceptors (Lipinski definition) is 3. The molecule has 0 N–H and O–H groups in total. The van der Waals surface area contributed by atoms with Crippen molar-refractivity contribution in [3.05, 3.63) is 53.4 Å². The van der Waals surface area contributed by atoms with Crippen LogP contribution in [-0.4, -0.2) is 14.9 Å². The van der Waals surface area contributed by atoms with E-state index in [1.54, 1.807) is 0 Å². The van der Waals surface area contributed by atoms with Gasteiger partial charge in [-0.05, 0) is 18.2 Å². The molecule has 1 heterocycles. The highest BCUT2D eigenvalue weighted by Crippen LogP contribution is 2.21. The van der Waals surface area contributed by atoms with Crippen molar-refractivity contribution in [2.45, 2.75) is 5.75 Å². The molecule has 0 aliphatic rings. The van der Waals surface area contributed by atoms with Crippen LogP contribution in [0, 0.1) is 11.6 Å². The number of halogens is 3. The summed E-state index contributed by atoms with van der Waals surface area (Å²) < 4.78 is 42.7. The molecule has 0 aliphatic carbocycles. The van der Waals surface area contributed by atoms with Crippen LogP contribution in [0.2, 0.25) is 0 Å². The lowest BCUT2D eigenvalue weighted by molar-refractivity contribution is 0.507. The van der Waals surface area contributed by atoms with E-state index in [4.69, 9.17) is 16.0 Å². The summed E-state index contributed by atoms with van der Waals surface area (Å²) in [6, 6.07) is 3.33. The van der Waals surface area contributed by atoms with Gasteiger partial charge in [-0.15, -0.1) is 0 Å². The van der Waals surface area contributed by atoms with Gasteiger partial charge < -0.3 is 4.42 Å². The predicted octanol–water partition coefficient (Wildman–Crippen LogP) is 3.62. The number of nitrogens with zero attached hydrogens (tertiary/aromatic N) is 1. The van der Waals surface area contributed by atoms with Crippen molar-refractivity contribution in [2.24, 2.45) is 0 Å². The normalized spacial score (nSPS) is 12.3. The Labute approximate surface area is 121 Å². The molecule has 0 spiro atoms. The molecular formula is C13H10ClF2NO2S. The van der Waals surface area contributed by atoms with E-state index < -0.39 is 22.4 Å². The van der Waals surface area contributed by atoms with Crippen LogP contribution < -0.4 is 0 Å². The third-order valence-electron chi connectivity index (χ3n) is 2.34. The summed E-state index contributed by atoms with van der Waals surface area (Å²) in [4.78, 5) is 4.08. The molecule has 0 unspecified atom stereocenters. The zero-order valence-electron chi connectivity index (χ0n) is 10.2. The van der Waals surface area contributed by atoms with Crippen LogP contribution in [0.4, 0.5) is 8.78 Å². The molecule has 1 aromatic carbocycles. The lowest BCUT2D eigenvalue weighted by Crippen LogP contribution is -2.00. The third kappa shape index (κ3) is 3.74. The Kier molecular flexibility index (Phi) is 4.67. The van der Waals surface area contributed by atoms with Gasteiger partial charge in [-0.25, -0.2) is 13.8 Å². The Bertz CT molecular complexity index is 672. The van der Waals surface area contributed by atoms with Crippen LogP contribution in [0.25, 0.3) is 11.5 Å². The van der Waals surface area contributed by atoms with Crippen molar-refractivity contribution in [1.82, 2.24) is 4.98 Å². The summed E-state index contributed by atoms with van der Waals surface area (Å²) in [5.41, 5.74) is 0.753. The fraction of sp³-hybridized carbons (Fsp3) is 0.154. The molecule has 7 heteroatoms. The molecule has 106 valence electrons. The molecule has 0 radical (unpaired) electrons. The molecule has 2 aromatic rings. The molecule has 0 saturated carbocycles. The smallest absolute Gasteiger partial charge is 0.226 e. The maximum absolute atomic E-state index is 13.1. The maximum Gasteiger partial charge on any atom is 0.226 e. The van der Waals surface area contributed by atoms with E-state index in [0.717, 1.165) is 12.1 Å². The summed E-state index contributed by atoms with van der Waals surface area (Å²) in [7, 11) is -1.24. The van der Waals surface area contributed by atoms with Gasteiger partial charge in [0.05, 0.1) is 17.2 Å². The Morgan fingerprint density at radius 3 is 2.80 bits per heavy atom. The second-order valence-electron chi connectivity index (χ2n) is 4.02. The van der Waals surface area contributed by atoms with Crippen LogP contribution in [0.1, 0.15) is 5.69 Å². The highest BCUT2D eigenvalue weighted by molar-refractivity contribution is 7.84. The predicted molar refractivity (Wildman–Crippen MR) is 73.6 cm³/mol. The number of hydrogen-bond donors (Lipinski definition) is 0. The molecular weight excluding hydrogens is 308 g/mol. The minimum atomic E-state index is -1.24. The fourth-order valence-corrected chi connectivity index (χ4v) is 2.80. The zero-order chi connectivity index (χ0) is 14.7. The van der Waals surface area contributed by atoms with Gasteiger partial charge in [0.2, 0.25) is 5.89 Å². The maximum atomic E-state index is 13.1. The van der Waals surface area contributed by atoms with Gasteiger partial charge in [0.25, 0.3) is 0 Å². The number of oxazole rings is 1. The van der Waals surface area contributed by atoms with Crippen molar-refractivity contribution in [3.63, 3.8) is 0 Å². The molecule has 0 bridgehead atoms. The molecule has 1 atom stereocenters. The van der Waals surface area contributed by atoms with Gasteiger partial charge in [-0.1, -0.05) is 18.2 Å². The van der Waals surface area contributed by atoms with Crippen LogP contribution in [0.15, 0.2) is 40.5 Å². The van der Waals surface area contributed by atoms with Gasteiger partial charge in [-0.3, -0.25) is 4.21 Å². The van der Waals surface area contributed by atoms with Crippen molar-refractivity contribution in [3.8, 4) is 11.5 Å². The number of aromatic nitrogens is 1. The number of benzene rings is 1. The average Bonchev–Trinajstić information content (AvgIpc) is 2.80. The van der Waals surface area contributed by atoms with E-state index in [9.17, 15) is 13.0 Å². The van der Waals surface area contributed by atoms with Crippen LogP contribution in [0.3, 0.4) is 0 Å².